The van der Waals surface area contributed by atoms with Crippen LogP contribution in [-0.2, 0) is 6.54 Å². The Hall–Kier alpha value is -1.09. The predicted octanol–water partition coefficient (Wildman–Crippen LogP) is 3.74. The molecule has 1 aromatic rings. The quantitative estimate of drug-likeness (QED) is 0.744. The molecule has 0 spiro atoms. The first-order valence-corrected chi connectivity index (χ1v) is 8.19. The number of hydrogen-bond acceptors (Lipinski definition) is 3. The fourth-order valence-electron chi connectivity index (χ4n) is 2.49. The molecule has 1 fully saturated rings. The van der Waals surface area contributed by atoms with Crippen LogP contribution in [0.25, 0.3) is 0 Å². The van der Waals surface area contributed by atoms with Crippen LogP contribution in [0.1, 0.15) is 58.4 Å². The standard InChI is InChI=1S/C17H29N3/c1-4-6-11-20(14(3)5-2)17-13-18-10-9-15(17)12-19-16-7-8-16/h9-10,13-14,16,19H,4-8,11-12H2,1-3H3. The van der Waals surface area contributed by atoms with Crippen molar-refractivity contribution in [1.82, 2.24) is 10.3 Å². The van der Waals surface area contributed by atoms with Crippen molar-refractivity contribution >= 4 is 5.69 Å². The molecular weight excluding hydrogens is 246 g/mol. The maximum absolute atomic E-state index is 4.36. The third-order valence-electron chi connectivity index (χ3n) is 4.23. The molecule has 0 amide bonds. The van der Waals surface area contributed by atoms with Crippen molar-refractivity contribution in [2.24, 2.45) is 0 Å². The molecule has 1 aliphatic rings. The molecule has 1 saturated carbocycles. The first-order valence-electron chi connectivity index (χ1n) is 8.19. The van der Waals surface area contributed by atoms with E-state index in [1.165, 1.54) is 43.4 Å². The van der Waals surface area contributed by atoms with Crippen LogP contribution in [0.3, 0.4) is 0 Å². The van der Waals surface area contributed by atoms with Crippen LogP contribution in [0.2, 0.25) is 0 Å². The average Bonchev–Trinajstić information content (AvgIpc) is 3.30. The van der Waals surface area contributed by atoms with E-state index in [-0.39, 0.29) is 0 Å². The lowest BCUT2D eigenvalue weighted by Gasteiger charge is -2.32. The summed E-state index contributed by atoms with van der Waals surface area (Å²) in [5.41, 5.74) is 2.71. The zero-order valence-electron chi connectivity index (χ0n) is 13.2. The Balaban J connectivity index is 2.12. The van der Waals surface area contributed by atoms with Gasteiger partial charge in [0.15, 0.2) is 0 Å². The van der Waals surface area contributed by atoms with E-state index in [0.717, 1.165) is 19.1 Å². The van der Waals surface area contributed by atoms with Gasteiger partial charge in [-0.15, -0.1) is 0 Å². The third-order valence-corrected chi connectivity index (χ3v) is 4.23. The van der Waals surface area contributed by atoms with Gasteiger partial charge in [-0.3, -0.25) is 4.98 Å². The van der Waals surface area contributed by atoms with Crippen molar-refractivity contribution in [1.29, 1.82) is 0 Å². The average molecular weight is 275 g/mol. The van der Waals surface area contributed by atoms with Gasteiger partial charge in [0.1, 0.15) is 0 Å². The summed E-state index contributed by atoms with van der Waals surface area (Å²) in [5, 5.41) is 3.63. The number of pyridine rings is 1. The van der Waals surface area contributed by atoms with E-state index >= 15 is 0 Å². The molecule has 0 aromatic carbocycles. The summed E-state index contributed by atoms with van der Waals surface area (Å²) in [4.78, 5) is 6.91. The number of nitrogens with zero attached hydrogens (tertiary/aromatic N) is 2. The Kier molecular flexibility index (Phi) is 5.84. The summed E-state index contributed by atoms with van der Waals surface area (Å²) in [6.45, 7) is 8.95. The molecule has 0 radical (unpaired) electrons. The Morgan fingerprint density at radius 1 is 1.40 bits per heavy atom. The molecule has 20 heavy (non-hydrogen) atoms. The number of unbranched alkanes of at least 4 members (excludes halogenated alkanes) is 1. The fourth-order valence-corrected chi connectivity index (χ4v) is 2.49. The van der Waals surface area contributed by atoms with Crippen LogP contribution in [0.15, 0.2) is 18.5 Å². The number of hydrogen-bond donors (Lipinski definition) is 1. The van der Waals surface area contributed by atoms with E-state index in [0.29, 0.717) is 6.04 Å². The Morgan fingerprint density at radius 2 is 2.20 bits per heavy atom. The smallest absolute Gasteiger partial charge is 0.0600 e. The van der Waals surface area contributed by atoms with E-state index in [4.69, 9.17) is 0 Å². The van der Waals surface area contributed by atoms with Gasteiger partial charge in [0.05, 0.1) is 11.9 Å². The van der Waals surface area contributed by atoms with Gasteiger partial charge >= 0.3 is 0 Å². The molecule has 1 aromatic heterocycles. The minimum atomic E-state index is 0.574. The Labute approximate surface area is 123 Å². The van der Waals surface area contributed by atoms with Gasteiger partial charge in [0.2, 0.25) is 0 Å². The summed E-state index contributed by atoms with van der Waals surface area (Å²) < 4.78 is 0. The van der Waals surface area contributed by atoms with Crippen LogP contribution in [0, 0.1) is 0 Å². The maximum Gasteiger partial charge on any atom is 0.0600 e. The summed E-state index contributed by atoms with van der Waals surface area (Å²) in [5.74, 6) is 0. The highest BCUT2D eigenvalue weighted by atomic mass is 15.2. The molecular formula is C17H29N3. The Morgan fingerprint density at radius 3 is 2.85 bits per heavy atom. The molecule has 1 N–H and O–H groups in total. The highest BCUT2D eigenvalue weighted by Gasteiger charge is 2.21. The van der Waals surface area contributed by atoms with E-state index in [1.807, 2.05) is 12.4 Å². The number of aromatic nitrogens is 1. The summed E-state index contributed by atoms with van der Waals surface area (Å²) in [6.07, 6.45) is 10.3. The van der Waals surface area contributed by atoms with Crippen molar-refractivity contribution in [2.45, 2.75) is 71.5 Å². The molecule has 3 nitrogen and oxygen atoms in total. The monoisotopic (exact) mass is 275 g/mol. The first-order chi connectivity index (χ1) is 9.76. The van der Waals surface area contributed by atoms with Crippen molar-refractivity contribution in [2.75, 3.05) is 11.4 Å². The largest absolute Gasteiger partial charge is 0.367 e. The molecule has 0 saturated heterocycles. The SMILES string of the molecule is CCCCN(c1cnccc1CNC1CC1)C(C)CC. The van der Waals surface area contributed by atoms with Crippen LogP contribution in [-0.4, -0.2) is 23.6 Å². The second-order valence-electron chi connectivity index (χ2n) is 5.96. The molecule has 1 atom stereocenters. The molecule has 1 aliphatic carbocycles. The predicted molar refractivity (Wildman–Crippen MR) is 86.1 cm³/mol. The minimum Gasteiger partial charge on any atom is -0.367 e. The molecule has 112 valence electrons. The lowest BCUT2D eigenvalue weighted by atomic mass is 10.1. The van der Waals surface area contributed by atoms with Gasteiger partial charge in [-0.1, -0.05) is 20.3 Å². The van der Waals surface area contributed by atoms with Crippen molar-refractivity contribution < 1.29 is 0 Å². The topological polar surface area (TPSA) is 28.2 Å². The number of rotatable bonds is 9. The van der Waals surface area contributed by atoms with Gasteiger partial charge in [0.25, 0.3) is 0 Å². The van der Waals surface area contributed by atoms with E-state index in [1.54, 1.807) is 0 Å². The van der Waals surface area contributed by atoms with Crippen molar-refractivity contribution in [3.05, 3.63) is 24.0 Å². The number of nitrogens with one attached hydrogen (secondary N) is 1. The van der Waals surface area contributed by atoms with Crippen LogP contribution in [0.4, 0.5) is 5.69 Å². The normalized spacial score (nSPS) is 16.1. The van der Waals surface area contributed by atoms with Crippen molar-refractivity contribution in [3.63, 3.8) is 0 Å². The second-order valence-corrected chi connectivity index (χ2v) is 5.96. The third kappa shape index (κ3) is 4.20. The lowest BCUT2D eigenvalue weighted by Crippen LogP contribution is -2.35. The minimum absolute atomic E-state index is 0.574. The molecule has 3 heteroatoms. The first kappa shape index (κ1) is 15.3. The van der Waals surface area contributed by atoms with Crippen LogP contribution in [0.5, 0.6) is 0 Å². The highest BCUT2D eigenvalue weighted by Crippen LogP contribution is 2.25. The van der Waals surface area contributed by atoms with Gasteiger partial charge in [0, 0.05) is 31.4 Å². The van der Waals surface area contributed by atoms with E-state index < -0.39 is 0 Å². The van der Waals surface area contributed by atoms with Gasteiger partial charge in [-0.25, -0.2) is 0 Å². The maximum atomic E-state index is 4.36. The molecule has 0 bridgehead atoms. The summed E-state index contributed by atoms with van der Waals surface area (Å²) in [7, 11) is 0. The van der Waals surface area contributed by atoms with E-state index in [9.17, 15) is 0 Å². The highest BCUT2D eigenvalue weighted by molar-refractivity contribution is 5.52. The van der Waals surface area contributed by atoms with Gasteiger partial charge < -0.3 is 10.2 Å². The fraction of sp³-hybridized carbons (Fsp3) is 0.706. The zero-order chi connectivity index (χ0) is 14.4. The van der Waals surface area contributed by atoms with E-state index in [2.05, 4.69) is 42.0 Å². The summed E-state index contributed by atoms with van der Waals surface area (Å²) in [6, 6.07) is 3.50. The van der Waals surface area contributed by atoms with Crippen LogP contribution >= 0.6 is 0 Å². The molecule has 1 unspecified atom stereocenters. The lowest BCUT2D eigenvalue weighted by molar-refractivity contribution is 0.589. The summed E-state index contributed by atoms with van der Waals surface area (Å²) >= 11 is 0. The van der Waals surface area contributed by atoms with Gasteiger partial charge in [-0.05, 0) is 44.2 Å². The molecule has 2 rings (SSSR count). The second kappa shape index (κ2) is 7.63. The van der Waals surface area contributed by atoms with Gasteiger partial charge in [-0.2, -0.15) is 0 Å². The molecule has 0 aliphatic heterocycles. The van der Waals surface area contributed by atoms with Crippen LogP contribution < -0.4 is 10.2 Å². The van der Waals surface area contributed by atoms with Crippen molar-refractivity contribution in [3.8, 4) is 0 Å². The Bertz CT molecular complexity index is 401. The molecule has 1 heterocycles. The zero-order valence-corrected chi connectivity index (χ0v) is 13.2. The number of anilines is 1.